The Morgan fingerprint density at radius 1 is 1.12 bits per heavy atom. The minimum Gasteiger partial charge on any atom is -0.487 e. The van der Waals surface area contributed by atoms with E-state index in [1.54, 1.807) is 42.6 Å². The van der Waals surface area contributed by atoms with Crippen molar-refractivity contribution in [2.75, 3.05) is 0 Å². The average Bonchev–Trinajstić information content (AvgIpc) is 3.48. The normalized spacial score (nSPS) is 10.7. The molecule has 2 N–H and O–H groups in total. The predicted octanol–water partition coefficient (Wildman–Crippen LogP) is 2.67. The van der Waals surface area contributed by atoms with Gasteiger partial charge >= 0.3 is 5.97 Å². The van der Waals surface area contributed by atoms with Gasteiger partial charge in [0.25, 0.3) is 0 Å². The molecule has 0 aliphatic rings. The first-order valence-corrected chi connectivity index (χ1v) is 9.79. The molecule has 0 atom stereocenters. The molecule has 33 heavy (non-hydrogen) atoms. The molecule has 0 bridgehead atoms. The van der Waals surface area contributed by atoms with Crippen molar-refractivity contribution in [1.82, 2.24) is 25.5 Å². The van der Waals surface area contributed by atoms with Gasteiger partial charge in [-0.2, -0.15) is 0 Å². The molecule has 4 rings (SSSR count). The fraction of sp³-hybridized carbons (Fsp3) is 0.136. The maximum Gasteiger partial charge on any atom is 0.358 e. The summed E-state index contributed by atoms with van der Waals surface area (Å²) in [4.78, 5) is 23.0. The number of carboxylic acid groups (broad SMARTS) is 1. The molecule has 0 saturated carbocycles. The minimum atomic E-state index is -1.16. The summed E-state index contributed by atoms with van der Waals surface area (Å²) in [5.74, 6) is -0.862. The second-order valence-electron chi connectivity index (χ2n) is 7.01. The Labute approximate surface area is 186 Å². The van der Waals surface area contributed by atoms with Crippen molar-refractivity contribution in [3.8, 4) is 17.1 Å². The molecule has 0 fully saturated rings. The smallest absolute Gasteiger partial charge is 0.358 e. The molecule has 2 aromatic heterocycles. The van der Waals surface area contributed by atoms with Crippen LogP contribution >= 0.6 is 0 Å². The quantitative estimate of drug-likeness (QED) is 0.397. The molecule has 0 aliphatic heterocycles. The molecule has 0 aliphatic carbocycles. The van der Waals surface area contributed by atoms with E-state index < -0.39 is 5.97 Å². The SMILES string of the molecule is O=C(Cn1cc(COc2ccc(-c3cc(C(=O)O)no3)cc2)nn1)NCc1ccc(F)cc1. The highest BCUT2D eigenvalue weighted by Gasteiger charge is 2.12. The van der Waals surface area contributed by atoms with Crippen molar-refractivity contribution >= 4 is 11.9 Å². The Morgan fingerprint density at radius 2 is 1.88 bits per heavy atom. The largest absolute Gasteiger partial charge is 0.487 e. The van der Waals surface area contributed by atoms with Crippen LogP contribution < -0.4 is 10.1 Å². The maximum atomic E-state index is 12.9. The van der Waals surface area contributed by atoms with Crippen LogP contribution in [0.5, 0.6) is 5.75 Å². The molecule has 0 radical (unpaired) electrons. The number of rotatable bonds is 9. The van der Waals surface area contributed by atoms with Crippen molar-refractivity contribution in [2.24, 2.45) is 0 Å². The highest BCUT2D eigenvalue weighted by atomic mass is 19.1. The van der Waals surface area contributed by atoms with Gasteiger partial charge in [-0.15, -0.1) is 5.10 Å². The standard InChI is InChI=1S/C22H18FN5O5/c23-16-5-1-14(2-6-16)10-24-21(29)12-28-11-17(25-27-28)13-32-18-7-3-15(4-8-18)20-9-19(22(30)31)26-33-20/h1-9,11H,10,12-13H2,(H,24,29)(H,30,31). The number of nitrogens with one attached hydrogen (secondary N) is 1. The number of ether oxygens (including phenoxy) is 1. The van der Waals surface area contributed by atoms with Crippen molar-refractivity contribution in [2.45, 2.75) is 19.7 Å². The first-order chi connectivity index (χ1) is 16.0. The Kier molecular flexibility index (Phi) is 6.39. The average molecular weight is 451 g/mol. The van der Waals surface area contributed by atoms with Crippen LogP contribution in [-0.2, 0) is 24.5 Å². The lowest BCUT2D eigenvalue weighted by molar-refractivity contribution is -0.122. The van der Waals surface area contributed by atoms with Gasteiger partial charge in [0.2, 0.25) is 5.91 Å². The highest BCUT2D eigenvalue weighted by Crippen LogP contribution is 2.23. The van der Waals surface area contributed by atoms with E-state index in [0.29, 0.717) is 22.8 Å². The van der Waals surface area contributed by atoms with E-state index >= 15 is 0 Å². The van der Waals surface area contributed by atoms with E-state index in [0.717, 1.165) is 5.56 Å². The lowest BCUT2D eigenvalue weighted by atomic mass is 10.1. The molecule has 168 valence electrons. The van der Waals surface area contributed by atoms with Crippen LogP contribution in [0, 0.1) is 5.82 Å². The first-order valence-electron chi connectivity index (χ1n) is 9.79. The van der Waals surface area contributed by atoms with E-state index in [1.165, 1.54) is 22.9 Å². The van der Waals surface area contributed by atoms with Gasteiger partial charge in [0.05, 0.1) is 6.20 Å². The molecule has 1 amide bonds. The van der Waals surface area contributed by atoms with Crippen LogP contribution in [0.4, 0.5) is 4.39 Å². The molecule has 11 heteroatoms. The fourth-order valence-corrected chi connectivity index (χ4v) is 2.87. The van der Waals surface area contributed by atoms with E-state index in [4.69, 9.17) is 14.4 Å². The number of benzene rings is 2. The predicted molar refractivity (Wildman–Crippen MR) is 111 cm³/mol. The topological polar surface area (TPSA) is 132 Å². The van der Waals surface area contributed by atoms with Gasteiger partial charge in [0.1, 0.15) is 30.4 Å². The van der Waals surface area contributed by atoms with Gasteiger partial charge in [0.15, 0.2) is 11.5 Å². The number of hydrogen-bond donors (Lipinski definition) is 2. The fourth-order valence-electron chi connectivity index (χ4n) is 2.87. The van der Waals surface area contributed by atoms with Crippen LogP contribution in [-0.4, -0.2) is 37.1 Å². The zero-order chi connectivity index (χ0) is 23.2. The van der Waals surface area contributed by atoms with Crippen molar-refractivity contribution in [3.05, 3.63) is 83.6 Å². The van der Waals surface area contributed by atoms with E-state index in [-0.39, 0.29) is 37.1 Å². The number of nitrogens with zero attached hydrogens (tertiary/aromatic N) is 4. The summed E-state index contributed by atoms with van der Waals surface area (Å²) in [6.07, 6.45) is 1.60. The van der Waals surface area contributed by atoms with Crippen molar-refractivity contribution in [1.29, 1.82) is 0 Å². The highest BCUT2D eigenvalue weighted by molar-refractivity contribution is 5.86. The minimum absolute atomic E-state index is 0.0155. The number of carboxylic acids is 1. The van der Waals surface area contributed by atoms with Crippen LogP contribution in [0.3, 0.4) is 0 Å². The van der Waals surface area contributed by atoms with Crippen LogP contribution in [0.1, 0.15) is 21.7 Å². The van der Waals surface area contributed by atoms with Gasteiger partial charge < -0.3 is 19.7 Å². The number of aromatic nitrogens is 4. The number of amides is 1. The lowest BCUT2D eigenvalue weighted by Crippen LogP contribution is -2.27. The van der Waals surface area contributed by atoms with Crippen LogP contribution in [0.2, 0.25) is 0 Å². The lowest BCUT2D eigenvalue weighted by Gasteiger charge is -2.05. The van der Waals surface area contributed by atoms with E-state index in [2.05, 4.69) is 20.8 Å². The molecular weight excluding hydrogens is 433 g/mol. The van der Waals surface area contributed by atoms with Gasteiger partial charge in [-0.05, 0) is 42.0 Å². The zero-order valence-electron chi connectivity index (χ0n) is 17.1. The van der Waals surface area contributed by atoms with E-state index in [9.17, 15) is 14.0 Å². The number of carbonyl (C=O) groups excluding carboxylic acids is 1. The van der Waals surface area contributed by atoms with Gasteiger partial charge in [0, 0.05) is 18.2 Å². The molecule has 2 aromatic carbocycles. The first kappa shape index (κ1) is 21.7. The maximum absolute atomic E-state index is 12.9. The Balaban J connectivity index is 1.25. The summed E-state index contributed by atoms with van der Waals surface area (Å²) in [6, 6.07) is 14.0. The van der Waals surface area contributed by atoms with Gasteiger partial charge in [-0.1, -0.05) is 22.5 Å². The summed E-state index contributed by atoms with van der Waals surface area (Å²) in [5, 5.41) is 23.0. The zero-order valence-corrected chi connectivity index (χ0v) is 17.1. The van der Waals surface area contributed by atoms with Crippen LogP contribution in [0.25, 0.3) is 11.3 Å². The third-order valence-corrected chi connectivity index (χ3v) is 4.55. The van der Waals surface area contributed by atoms with Gasteiger partial charge in [-0.25, -0.2) is 13.9 Å². The molecule has 4 aromatic rings. The monoisotopic (exact) mass is 451 g/mol. The summed E-state index contributed by atoms with van der Waals surface area (Å²) in [5.41, 5.74) is 1.80. The second kappa shape index (κ2) is 9.73. The number of hydrogen-bond acceptors (Lipinski definition) is 7. The van der Waals surface area contributed by atoms with Crippen molar-refractivity contribution in [3.63, 3.8) is 0 Å². The molecule has 0 spiro atoms. The molecular formula is C22H18FN5O5. The Hall–Kier alpha value is -4.54. The van der Waals surface area contributed by atoms with Crippen LogP contribution in [0.15, 0.2) is 65.3 Å². The molecule has 0 saturated heterocycles. The Morgan fingerprint density at radius 3 is 2.58 bits per heavy atom. The second-order valence-corrected chi connectivity index (χ2v) is 7.01. The summed E-state index contributed by atoms with van der Waals surface area (Å²) < 4.78 is 25.0. The number of carbonyl (C=O) groups is 2. The van der Waals surface area contributed by atoms with Crippen molar-refractivity contribution < 1.29 is 28.3 Å². The number of aromatic carboxylic acids is 1. The summed E-state index contributed by atoms with van der Waals surface area (Å²) >= 11 is 0. The molecule has 2 heterocycles. The van der Waals surface area contributed by atoms with E-state index in [1.807, 2.05) is 0 Å². The third kappa shape index (κ3) is 5.79. The summed E-state index contributed by atoms with van der Waals surface area (Å²) in [7, 11) is 0. The third-order valence-electron chi connectivity index (χ3n) is 4.55. The molecule has 10 nitrogen and oxygen atoms in total. The summed E-state index contributed by atoms with van der Waals surface area (Å²) in [6.45, 7) is 0.409. The Bertz CT molecular complexity index is 1250. The molecule has 0 unspecified atom stereocenters. The van der Waals surface area contributed by atoms with Gasteiger partial charge in [-0.3, -0.25) is 4.79 Å². The number of halogens is 1.